The molecule has 4 unspecified atom stereocenters. The number of aromatic amines is 2. The van der Waals surface area contributed by atoms with Gasteiger partial charge in [0.25, 0.3) is 17.5 Å². The van der Waals surface area contributed by atoms with Gasteiger partial charge in [0.05, 0.1) is 24.1 Å². The molecular weight excluding hydrogens is 804 g/mol. The van der Waals surface area contributed by atoms with Crippen LogP contribution in [0.25, 0.3) is 0 Å². The third-order valence-electron chi connectivity index (χ3n) is 8.16. The molecule has 0 bridgehead atoms. The van der Waals surface area contributed by atoms with E-state index in [2.05, 4.69) is 105 Å². The summed E-state index contributed by atoms with van der Waals surface area (Å²) in [6.45, 7) is 0.00986. The Hall–Kier alpha value is -2.16. The molecule has 0 aromatic carbocycles. The van der Waals surface area contributed by atoms with Crippen LogP contribution in [0.4, 0.5) is 0 Å². The van der Waals surface area contributed by atoms with Crippen LogP contribution in [-0.2, 0) is 4.74 Å². The highest BCUT2D eigenvalue weighted by atomic mass is 79.9. The van der Waals surface area contributed by atoms with Gasteiger partial charge in [0.15, 0.2) is 5.54 Å². The number of aliphatic hydroxyl groups is 2. The third kappa shape index (κ3) is 4.51. The minimum absolute atomic E-state index is 0.00563. The van der Waals surface area contributed by atoms with Crippen molar-refractivity contribution in [2.75, 3.05) is 13.1 Å². The van der Waals surface area contributed by atoms with Gasteiger partial charge in [-0.3, -0.25) is 31.1 Å². The number of H-pyrrole nitrogens is 2. The highest BCUT2D eigenvalue weighted by molar-refractivity contribution is 9.13. The number of nitrogens with one attached hydrogen (secondary N) is 8. The number of guanidine groups is 2. The molecule has 1 aliphatic carbocycles. The number of fused-ring (bicyclic) bond motifs is 2. The maximum absolute atomic E-state index is 13.1. The molecule has 1 saturated heterocycles. The van der Waals surface area contributed by atoms with Gasteiger partial charge >= 0.3 is 11.9 Å². The minimum Gasteiger partial charge on any atom is -0.389 e. The molecule has 8 atom stereocenters. The van der Waals surface area contributed by atoms with E-state index in [-0.39, 0.29) is 25.0 Å². The number of halogens is 4. The average molecular weight is 830 g/mol. The molecule has 1 spiro atoms. The van der Waals surface area contributed by atoms with Gasteiger partial charge in [-0.2, -0.15) is 0 Å². The number of aliphatic hydroxyl groups excluding tert-OH is 1. The molecule has 2 fully saturated rings. The van der Waals surface area contributed by atoms with E-state index in [0.717, 1.165) is 0 Å². The molecule has 4 aliphatic rings. The molecule has 3 aliphatic heterocycles. The summed E-state index contributed by atoms with van der Waals surface area (Å²) in [5.41, 5.74) is 9.57. The Kier molecular flexibility index (Phi) is 7.22. The van der Waals surface area contributed by atoms with Crippen molar-refractivity contribution >= 4 is 87.5 Å². The van der Waals surface area contributed by atoms with Gasteiger partial charge in [-0.25, -0.2) is 15.3 Å². The molecule has 5 heterocycles. The van der Waals surface area contributed by atoms with E-state index in [4.69, 9.17) is 16.2 Å². The summed E-state index contributed by atoms with van der Waals surface area (Å²) in [5, 5.41) is 35.8. The number of hydrogen-bond acceptors (Lipinski definition) is 9. The van der Waals surface area contributed by atoms with E-state index in [9.17, 15) is 19.8 Å². The molecule has 1 saturated carbocycles. The summed E-state index contributed by atoms with van der Waals surface area (Å²) in [4.78, 5) is 37.9. The van der Waals surface area contributed by atoms with Crippen LogP contribution in [0.1, 0.15) is 21.0 Å². The maximum Gasteiger partial charge on any atom is 0.345 e. The predicted molar refractivity (Wildman–Crippen MR) is 156 cm³/mol. The number of hydrogen-bond donors (Lipinski definition) is 12. The summed E-state index contributed by atoms with van der Waals surface area (Å²) >= 11 is 13.4. The molecule has 2 aromatic heterocycles. The smallest absolute Gasteiger partial charge is 0.345 e. The number of carbonyl (C=O) groups is 2. The second-order valence-corrected chi connectivity index (χ2v) is 13.7. The summed E-state index contributed by atoms with van der Waals surface area (Å²) in [6, 6.07) is 3.24. The van der Waals surface area contributed by atoms with Crippen molar-refractivity contribution in [2.45, 2.75) is 29.8 Å². The predicted octanol–water partition coefficient (Wildman–Crippen LogP) is -4.12. The molecular formula is C22H26Br4N10O5+2. The van der Waals surface area contributed by atoms with Crippen LogP contribution < -0.4 is 42.7 Å². The number of ether oxygens (including phenoxy) is 1. The van der Waals surface area contributed by atoms with Gasteiger partial charge in [-0.15, -0.1) is 0 Å². The van der Waals surface area contributed by atoms with Crippen LogP contribution in [0, 0.1) is 17.8 Å². The van der Waals surface area contributed by atoms with Gasteiger partial charge in [0, 0.05) is 19.0 Å². The highest BCUT2D eigenvalue weighted by Crippen LogP contribution is 2.53. The van der Waals surface area contributed by atoms with Gasteiger partial charge in [0.1, 0.15) is 17.5 Å². The zero-order valence-electron chi connectivity index (χ0n) is 20.8. The molecule has 14 N–H and O–H groups in total. The molecule has 6 rings (SSSR count). The van der Waals surface area contributed by atoms with Crippen LogP contribution in [0.5, 0.6) is 0 Å². The lowest BCUT2D eigenvalue weighted by atomic mass is 9.71. The Labute approximate surface area is 265 Å². The van der Waals surface area contributed by atoms with Crippen molar-refractivity contribution < 1.29 is 34.5 Å². The molecule has 220 valence electrons. The summed E-state index contributed by atoms with van der Waals surface area (Å²) in [5.74, 6) is -2.74. The van der Waals surface area contributed by atoms with E-state index in [1.54, 1.807) is 12.1 Å². The summed E-state index contributed by atoms with van der Waals surface area (Å²) in [7, 11) is 0. The van der Waals surface area contributed by atoms with Gasteiger partial charge < -0.3 is 30.8 Å². The van der Waals surface area contributed by atoms with E-state index >= 15 is 0 Å². The molecule has 0 radical (unpaired) electrons. The van der Waals surface area contributed by atoms with Crippen molar-refractivity contribution in [2.24, 2.45) is 29.2 Å². The molecule has 2 amide bonds. The van der Waals surface area contributed by atoms with Crippen molar-refractivity contribution in [3.05, 3.63) is 41.7 Å². The van der Waals surface area contributed by atoms with E-state index in [0.29, 0.717) is 29.5 Å². The van der Waals surface area contributed by atoms with E-state index in [1.807, 2.05) is 0 Å². The van der Waals surface area contributed by atoms with Gasteiger partial charge in [-0.1, -0.05) is 0 Å². The second-order valence-electron chi connectivity index (χ2n) is 10.4. The van der Waals surface area contributed by atoms with Crippen molar-refractivity contribution in [1.29, 1.82) is 0 Å². The number of nitrogens with two attached hydrogens (primary N) is 2. The second kappa shape index (κ2) is 10.2. The Morgan fingerprint density at radius 2 is 1.41 bits per heavy atom. The number of aromatic nitrogens is 2. The quantitative estimate of drug-likeness (QED) is 0.135. The summed E-state index contributed by atoms with van der Waals surface area (Å²) < 4.78 is 8.65. The Balaban J connectivity index is 1.34. The first kappa shape index (κ1) is 28.9. The lowest BCUT2D eigenvalue weighted by molar-refractivity contribution is -0.662. The monoisotopic (exact) mass is 826 g/mol. The number of rotatable bonds is 6. The fourth-order valence-electron chi connectivity index (χ4n) is 6.56. The first-order valence-electron chi connectivity index (χ1n) is 12.4. The van der Waals surface area contributed by atoms with Crippen LogP contribution in [0.3, 0.4) is 0 Å². The van der Waals surface area contributed by atoms with Crippen molar-refractivity contribution in [3.63, 3.8) is 0 Å². The van der Waals surface area contributed by atoms with Crippen LogP contribution >= 0.6 is 63.7 Å². The van der Waals surface area contributed by atoms with Crippen LogP contribution in [0.15, 0.2) is 30.3 Å². The normalized spacial score (nSPS) is 35.0. The Bertz CT molecular complexity index is 1460. The fourth-order valence-corrected chi connectivity index (χ4v) is 7.87. The van der Waals surface area contributed by atoms with Crippen LogP contribution in [0.2, 0.25) is 0 Å². The zero-order valence-corrected chi connectivity index (χ0v) is 27.2. The third-order valence-corrected chi connectivity index (χ3v) is 11.7. The standard InChI is InChI=1S/C22H24Br4N10O5/c23-7-1-9(31-13(7)25)15(38)29-3-5-6(4-30-16(39)10-2-8(24)14(26)32-10)12(37)21-11(5)22(40)18(34-20(28)36-22)41-17(21)33-19(27)35-21/h1-2,5-6,11-12,17-18,31-32,37,40H,3-4H2,(H,29,38)(H,30,39)(H3,27,33,35)(H3,28,34,36)/p+2/t5?,6-,11?,12?,17+,18-,21+,22?/m1/s1. The molecule has 15 nitrogen and oxygen atoms in total. The number of carbonyl (C=O) groups excluding carboxylic acids is 2. The van der Waals surface area contributed by atoms with Crippen LogP contribution in [-0.4, -0.2) is 86.8 Å². The lowest BCUT2D eigenvalue weighted by Crippen LogP contribution is -2.93. The summed E-state index contributed by atoms with van der Waals surface area (Å²) in [6.07, 6.45) is -3.09. The lowest BCUT2D eigenvalue weighted by Gasteiger charge is -2.47. The van der Waals surface area contributed by atoms with Gasteiger partial charge in [-0.05, 0) is 81.8 Å². The first-order chi connectivity index (χ1) is 19.3. The van der Waals surface area contributed by atoms with Crippen molar-refractivity contribution in [3.8, 4) is 0 Å². The first-order valence-corrected chi connectivity index (χ1v) is 15.6. The molecule has 19 heteroatoms. The fraction of sp³-hybridized carbons (Fsp3) is 0.455. The van der Waals surface area contributed by atoms with Gasteiger partial charge in [0.2, 0.25) is 12.5 Å². The largest absolute Gasteiger partial charge is 0.389 e. The van der Waals surface area contributed by atoms with E-state index in [1.165, 1.54) is 0 Å². The zero-order chi connectivity index (χ0) is 29.4. The van der Waals surface area contributed by atoms with Crippen molar-refractivity contribution in [1.82, 2.24) is 31.2 Å². The highest BCUT2D eigenvalue weighted by Gasteiger charge is 2.80. The Morgan fingerprint density at radius 3 is 1.95 bits per heavy atom. The minimum atomic E-state index is -1.82. The number of amides is 2. The Morgan fingerprint density at radius 1 is 0.902 bits per heavy atom. The van der Waals surface area contributed by atoms with E-state index < -0.39 is 59.4 Å². The average Bonchev–Trinajstić information content (AvgIpc) is 3.66. The molecule has 2 aromatic rings. The maximum atomic E-state index is 13.1. The topological polar surface area (TPSA) is 244 Å². The molecule has 41 heavy (non-hydrogen) atoms. The SMILES string of the molecule is NC1=[NH+][C@@H]2O[C@@H]3[NH+]=C(N)N[C@@]34C(O)[C@H](CNC(=O)c3cc(Br)c(Br)[nH]3)C(CNC(=O)c3cc(Br)c(Br)[nH]3)C4C2(O)N1.